The lowest BCUT2D eigenvalue weighted by Gasteiger charge is -2.35. The first kappa shape index (κ1) is 14.0. The van der Waals surface area contributed by atoms with E-state index >= 15 is 0 Å². The molecule has 0 spiro atoms. The smallest absolute Gasteiger partial charge is 0.129 e. The van der Waals surface area contributed by atoms with Crippen LogP contribution in [0.2, 0.25) is 0 Å². The number of hydrogen-bond donors (Lipinski definition) is 0. The number of piperidine rings is 1. The van der Waals surface area contributed by atoms with E-state index in [1.807, 2.05) is 0 Å². The highest BCUT2D eigenvalue weighted by atomic mass is 15.2. The van der Waals surface area contributed by atoms with Crippen LogP contribution in [0.1, 0.15) is 25.7 Å². The number of benzene rings is 1. The second-order valence-corrected chi connectivity index (χ2v) is 6.82. The Hall–Kier alpha value is -1.61. The Morgan fingerprint density at radius 1 is 0.955 bits per heavy atom. The number of para-hydroxylation sites is 1. The minimum Gasteiger partial charge on any atom is -0.356 e. The number of pyridine rings is 1. The van der Waals surface area contributed by atoms with Gasteiger partial charge in [0, 0.05) is 25.0 Å². The molecule has 2 aromatic rings. The molecule has 2 aliphatic rings. The predicted molar refractivity (Wildman–Crippen MR) is 92.4 cm³/mol. The Morgan fingerprint density at radius 2 is 1.82 bits per heavy atom. The molecule has 3 heterocycles. The van der Waals surface area contributed by atoms with E-state index in [4.69, 9.17) is 4.98 Å². The van der Waals surface area contributed by atoms with Gasteiger partial charge in [-0.25, -0.2) is 4.98 Å². The molecule has 1 aromatic carbocycles. The van der Waals surface area contributed by atoms with Crippen LogP contribution >= 0.6 is 0 Å². The van der Waals surface area contributed by atoms with Gasteiger partial charge >= 0.3 is 0 Å². The molecule has 0 N–H and O–H groups in total. The van der Waals surface area contributed by atoms with Crippen molar-refractivity contribution in [2.24, 2.45) is 5.92 Å². The third-order valence-electron chi connectivity index (χ3n) is 5.14. The number of anilines is 1. The number of hydrogen-bond acceptors (Lipinski definition) is 3. The van der Waals surface area contributed by atoms with Crippen LogP contribution in [0.5, 0.6) is 0 Å². The Bertz CT molecular complexity index is 633. The van der Waals surface area contributed by atoms with Gasteiger partial charge in [-0.1, -0.05) is 18.2 Å². The Kier molecular flexibility index (Phi) is 3.98. The zero-order valence-electron chi connectivity index (χ0n) is 13.2. The lowest BCUT2D eigenvalue weighted by atomic mass is 9.97. The first-order valence-corrected chi connectivity index (χ1v) is 8.71. The predicted octanol–water partition coefficient (Wildman–Crippen LogP) is 3.55. The second kappa shape index (κ2) is 6.25. The molecule has 0 radical (unpaired) electrons. The fraction of sp³-hybridized carbons (Fsp3) is 0.526. The summed E-state index contributed by atoms with van der Waals surface area (Å²) in [6.45, 7) is 6.23. The average Bonchev–Trinajstić information content (AvgIpc) is 3.08. The van der Waals surface area contributed by atoms with E-state index in [1.54, 1.807) is 0 Å². The topological polar surface area (TPSA) is 19.4 Å². The summed E-state index contributed by atoms with van der Waals surface area (Å²) >= 11 is 0. The molecule has 2 saturated heterocycles. The van der Waals surface area contributed by atoms with Gasteiger partial charge in [0.05, 0.1) is 5.52 Å². The van der Waals surface area contributed by atoms with Crippen LogP contribution in [0.3, 0.4) is 0 Å². The van der Waals surface area contributed by atoms with Crippen LogP contribution < -0.4 is 4.90 Å². The van der Waals surface area contributed by atoms with Crippen LogP contribution in [0.15, 0.2) is 36.4 Å². The van der Waals surface area contributed by atoms with Gasteiger partial charge in [-0.15, -0.1) is 0 Å². The summed E-state index contributed by atoms with van der Waals surface area (Å²) in [5.74, 6) is 1.96. The zero-order valence-corrected chi connectivity index (χ0v) is 13.2. The summed E-state index contributed by atoms with van der Waals surface area (Å²) in [6, 6.07) is 12.8. The first-order chi connectivity index (χ1) is 10.9. The zero-order chi connectivity index (χ0) is 14.8. The number of aromatic nitrogens is 1. The van der Waals surface area contributed by atoms with Gasteiger partial charge in [0.25, 0.3) is 0 Å². The van der Waals surface area contributed by atoms with Crippen molar-refractivity contribution in [2.75, 3.05) is 37.6 Å². The molecule has 2 fully saturated rings. The summed E-state index contributed by atoms with van der Waals surface area (Å²) in [5.41, 5.74) is 1.11. The third kappa shape index (κ3) is 2.95. The molecule has 1 atom stereocenters. The molecule has 0 unspecified atom stereocenters. The van der Waals surface area contributed by atoms with Crippen LogP contribution in [0, 0.1) is 5.92 Å². The summed E-state index contributed by atoms with van der Waals surface area (Å²) < 4.78 is 0. The lowest BCUT2D eigenvalue weighted by Crippen LogP contribution is -2.40. The Balaban J connectivity index is 1.48. The minimum atomic E-state index is 0.806. The molecule has 116 valence electrons. The van der Waals surface area contributed by atoms with Crippen LogP contribution in [0.25, 0.3) is 10.9 Å². The summed E-state index contributed by atoms with van der Waals surface area (Å²) in [6.07, 6.45) is 5.46. The lowest BCUT2D eigenvalue weighted by molar-refractivity contribution is 0.255. The maximum absolute atomic E-state index is 4.88. The maximum atomic E-state index is 4.88. The Morgan fingerprint density at radius 3 is 2.73 bits per heavy atom. The molecular weight excluding hydrogens is 270 g/mol. The van der Waals surface area contributed by atoms with E-state index in [2.05, 4.69) is 46.2 Å². The Labute approximate surface area is 132 Å². The second-order valence-electron chi connectivity index (χ2n) is 6.82. The van der Waals surface area contributed by atoms with Crippen molar-refractivity contribution < 1.29 is 0 Å². The summed E-state index contributed by atoms with van der Waals surface area (Å²) in [7, 11) is 0. The van der Waals surface area contributed by atoms with Crippen molar-refractivity contribution in [3.63, 3.8) is 0 Å². The van der Waals surface area contributed by atoms with Gasteiger partial charge < -0.3 is 9.80 Å². The van der Waals surface area contributed by atoms with Gasteiger partial charge in [0.1, 0.15) is 5.82 Å². The van der Waals surface area contributed by atoms with Gasteiger partial charge in [0.15, 0.2) is 0 Å². The molecule has 1 aromatic heterocycles. The molecule has 0 amide bonds. The highest BCUT2D eigenvalue weighted by Crippen LogP contribution is 2.25. The number of likely N-dealkylation sites (tertiary alicyclic amines) is 1. The van der Waals surface area contributed by atoms with Gasteiger partial charge in [0.2, 0.25) is 0 Å². The minimum absolute atomic E-state index is 0.806. The van der Waals surface area contributed by atoms with Crippen LogP contribution in [0.4, 0.5) is 5.82 Å². The summed E-state index contributed by atoms with van der Waals surface area (Å²) in [4.78, 5) is 10.0. The highest BCUT2D eigenvalue weighted by molar-refractivity contribution is 5.80. The van der Waals surface area contributed by atoms with E-state index in [9.17, 15) is 0 Å². The molecule has 0 aliphatic carbocycles. The van der Waals surface area contributed by atoms with Crippen molar-refractivity contribution in [3.8, 4) is 0 Å². The standard InChI is InChI=1S/C19H25N3/c1-2-8-18-17(7-1)9-10-19(20-18)22-13-5-6-16(15-22)14-21-11-3-4-12-21/h1-2,7-10,16H,3-6,11-15H2/t16-/m0/s1. The SMILES string of the molecule is c1ccc2nc(N3CCC[C@@H](CN4CCCC4)C3)ccc2c1. The van der Waals surface area contributed by atoms with E-state index in [1.165, 1.54) is 57.2 Å². The van der Waals surface area contributed by atoms with E-state index in [0.29, 0.717) is 0 Å². The largest absolute Gasteiger partial charge is 0.356 e. The fourth-order valence-corrected chi connectivity index (χ4v) is 3.98. The van der Waals surface area contributed by atoms with E-state index < -0.39 is 0 Å². The van der Waals surface area contributed by atoms with Crippen LogP contribution in [-0.2, 0) is 0 Å². The van der Waals surface area contributed by atoms with Gasteiger partial charge in [-0.2, -0.15) is 0 Å². The number of rotatable bonds is 3. The van der Waals surface area contributed by atoms with Crippen molar-refractivity contribution in [2.45, 2.75) is 25.7 Å². The van der Waals surface area contributed by atoms with Gasteiger partial charge in [-0.05, 0) is 62.9 Å². The van der Waals surface area contributed by atoms with Gasteiger partial charge in [-0.3, -0.25) is 0 Å². The third-order valence-corrected chi connectivity index (χ3v) is 5.14. The first-order valence-electron chi connectivity index (χ1n) is 8.71. The maximum Gasteiger partial charge on any atom is 0.129 e. The number of fused-ring (bicyclic) bond motifs is 1. The molecular formula is C19H25N3. The van der Waals surface area contributed by atoms with Crippen molar-refractivity contribution >= 4 is 16.7 Å². The van der Waals surface area contributed by atoms with E-state index in [-0.39, 0.29) is 0 Å². The highest BCUT2D eigenvalue weighted by Gasteiger charge is 2.24. The normalized spacial score (nSPS) is 23.3. The van der Waals surface area contributed by atoms with Crippen molar-refractivity contribution in [3.05, 3.63) is 36.4 Å². The van der Waals surface area contributed by atoms with Crippen molar-refractivity contribution in [1.82, 2.24) is 9.88 Å². The van der Waals surface area contributed by atoms with Crippen molar-refractivity contribution in [1.29, 1.82) is 0 Å². The molecule has 3 heteroatoms. The molecule has 0 saturated carbocycles. The molecule has 4 rings (SSSR count). The molecule has 2 aliphatic heterocycles. The quantitative estimate of drug-likeness (QED) is 0.863. The summed E-state index contributed by atoms with van der Waals surface area (Å²) in [5, 5.41) is 1.23. The average molecular weight is 295 g/mol. The van der Waals surface area contributed by atoms with E-state index in [0.717, 1.165) is 23.8 Å². The monoisotopic (exact) mass is 295 g/mol. The molecule has 0 bridgehead atoms. The molecule has 22 heavy (non-hydrogen) atoms. The number of nitrogens with zero attached hydrogens (tertiary/aromatic N) is 3. The van der Waals surface area contributed by atoms with Crippen LogP contribution in [-0.4, -0.2) is 42.6 Å². The fourth-order valence-electron chi connectivity index (χ4n) is 3.98. The molecule has 3 nitrogen and oxygen atoms in total.